The molecule has 0 saturated heterocycles. The molecule has 1 aromatic heterocycles. The molecule has 2 rings (SSSR count). The van der Waals surface area contributed by atoms with Crippen LogP contribution in [0, 0.1) is 10.1 Å². The number of rotatable bonds is 4. The molecule has 0 saturated carbocycles. The average Bonchev–Trinajstić information content (AvgIpc) is 2.83. The molecule has 0 amide bonds. The minimum absolute atomic E-state index is 0.0227. The topological polar surface area (TPSA) is 116 Å². The van der Waals surface area contributed by atoms with E-state index in [1.54, 1.807) is 6.07 Å². The number of ether oxygens (including phenoxy) is 1. The van der Waals surface area contributed by atoms with Gasteiger partial charge in [-0.3, -0.25) is 10.1 Å². The molecule has 0 bridgehead atoms. The lowest BCUT2D eigenvalue weighted by atomic mass is 10.1. The van der Waals surface area contributed by atoms with E-state index in [0.717, 1.165) is 0 Å². The lowest BCUT2D eigenvalue weighted by Crippen LogP contribution is -2.06. The van der Waals surface area contributed by atoms with Gasteiger partial charge in [0.2, 0.25) is 0 Å². The van der Waals surface area contributed by atoms with Gasteiger partial charge in [-0.2, -0.15) is 0 Å². The van der Waals surface area contributed by atoms with Gasteiger partial charge in [0.05, 0.1) is 11.1 Å². The molecule has 1 aromatic carbocycles. The summed E-state index contributed by atoms with van der Waals surface area (Å²) in [6, 6.07) is 5.21. The number of carbonyl (C=O) groups is 1. The number of hydrogen-bond donors (Lipinski definition) is 1. The van der Waals surface area contributed by atoms with E-state index in [1.165, 1.54) is 24.4 Å². The maximum Gasteiger partial charge on any atom is 0.511 e. The van der Waals surface area contributed by atoms with Crippen LogP contribution in [0.5, 0.6) is 5.75 Å². The van der Waals surface area contributed by atoms with Crippen LogP contribution in [0.2, 0.25) is 0 Å². The van der Waals surface area contributed by atoms with Gasteiger partial charge in [0.1, 0.15) is 11.5 Å². The lowest BCUT2D eigenvalue weighted by molar-refractivity contribution is -0.384. The molecule has 0 aliphatic heterocycles. The first-order chi connectivity index (χ1) is 9.06. The number of non-ortho nitro benzene ring substituents is 1. The molecule has 0 spiro atoms. The first kappa shape index (κ1) is 12.6. The Labute approximate surface area is 106 Å². The monoisotopic (exact) mass is 264 g/mol. The van der Waals surface area contributed by atoms with Crippen molar-refractivity contribution in [1.29, 1.82) is 0 Å². The van der Waals surface area contributed by atoms with Crippen molar-refractivity contribution >= 4 is 11.8 Å². The summed E-state index contributed by atoms with van der Waals surface area (Å²) in [7, 11) is 0. The highest BCUT2D eigenvalue weighted by Crippen LogP contribution is 2.26. The van der Waals surface area contributed by atoms with E-state index in [4.69, 9.17) is 9.63 Å². The van der Waals surface area contributed by atoms with Crippen molar-refractivity contribution in [2.75, 3.05) is 0 Å². The Kier molecular flexibility index (Phi) is 3.42. The molecule has 19 heavy (non-hydrogen) atoms. The molecule has 0 radical (unpaired) electrons. The smallest absolute Gasteiger partial charge is 0.449 e. The molecular formula is C11H8N2O6. The SMILES string of the molecule is O=C(O)Oc1ccc([N+](=O)[O-])cc1Cc1ccno1. The van der Waals surface area contributed by atoms with Gasteiger partial charge < -0.3 is 14.4 Å². The third kappa shape index (κ3) is 3.06. The summed E-state index contributed by atoms with van der Waals surface area (Å²) in [6.45, 7) is 0. The van der Waals surface area contributed by atoms with Crippen molar-refractivity contribution in [1.82, 2.24) is 5.16 Å². The van der Waals surface area contributed by atoms with E-state index < -0.39 is 11.1 Å². The molecule has 8 heteroatoms. The van der Waals surface area contributed by atoms with Gasteiger partial charge in [0.15, 0.2) is 0 Å². The van der Waals surface area contributed by atoms with Crippen LogP contribution in [-0.2, 0) is 6.42 Å². The van der Waals surface area contributed by atoms with Gasteiger partial charge in [-0.05, 0) is 6.07 Å². The molecule has 8 nitrogen and oxygen atoms in total. The van der Waals surface area contributed by atoms with Crippen molar-refractivity contribution in [3.8, 4) is 5.75 Å². The largest absolute Gasteiger partial charge is 0.511 e. The number of nitro benzene ring substituents is 1. The van der Waals surface area contributed by atoms with Gasteiger partial charge >= 0.3 is 6.16 Å². The van der Waals surface area contributed by atoms with Crippen LogP contribution in [0.25, 0.3) is 0 Å². The molecular weight excluding hydrogens is 256 g/mol. The normalized spacial score (nSPS) is 10.1. The second kappa shape index (κ2) is 5.17. The molecule has 0 fully saturated rings. The Bertz CT molecular complexity index is 608. The molecule has 2 aromatic rings. The van der Waals surface area contributed by atoms with E-state index in [0.29, 0.717) is 11.3 Å². The third-order valence-corrected chi connectivity index (χ3v) is 2.31. The highest BCUT2D eigenvalue weighted by molar-refractivity contribution is 5.62. The van der Waals surface area contributed by atoms with Gasteiger partial charge in [-0.1, -0.05) is 5.16 Å². The highest BCUT2D eigenvalue weighted by atomic mass is 16.7. The van der Waals surface area contributed by atoms with Crippen LogP contribution in [0.3, 0.4) is 0 Å². The van der Waals surface area contributed by atoms with Crippen LogP contribution >= 0.6 is 0 Å². The summed E-state index contributed by atoms with van der Waals surface area (Å²) in [6.07, 6.45) is 0.0713. The van der Waals surface area contributed by atoms with E-state index in [1.807, 2.05) is 0 Å². The van der Waals surface area contributed by atoms with Crippen LogP contribution in [0.15, 0.2) is 35.0 Å². The Morgan fingerprint density at radius 1 is 1.47 bits per heavy atom. The van der Waals surface area contributed by atoms with Crippen molar-refractivity contribution < 1.29 is 24.1 Å². The number of benzene rings is 1. The number of hydrogen-bond acceptors (Lipinski definition) is 6. The fourth-order valence-electron chi connectivity index (χ4n) is 1.53. The Morgan fingerprint density at radius 2 is 2.26 bits per heavy atom. The van der Waals surface area contributed by atoms with Crippen LogP contribution in [-0.4, -0.2) is 21.3 Å². The summed E-state index contributed by atoms with van der Waals surface area (Å²) < 4.78 is 9.44. The predicted octanol–water partition coefficient (Wildman–Crippen LogP) is 2.23. The minimum Gasteiger partial charge on any atom is -0.449 e. The molecule has 1 heterocycles. The second-order valence-electron chi connectivity index (χ2n) is 3.57. The van der Waals surface area contributed by atoms with Crippen LogP contribution < -0.4 is 4.74 Å². The molecule has 1 N–H and O–H groups in total. The molecule has 0 unspecified atom stereocenters. The Morgan fingerprint density at radius 3 is 2.84 bits per heavy atom. The van der Waals surface area contributed by atoms with E-state index in [-0.39, 0.29) is 17.9 Å². The standard InChI is InChI=1S/C11H8N2O6/c14-11(15)18-10-2-1-8(13(16)17)5-7(10)6-9-3-4-12-19-9/h1-5H,6H2,(H,14,15). The van der Waals surface area contributed by atoms with E-state index >= 15 is 0 Å². The van der Waals surface area contributed by atoms with Gasteiger partial charge in [0.25, 0.3) is 5.69 Å². The first-order valence-electron chi connectivity index (χ1n) is 5.14. The van der Waals surface area contributed by atoms with Crippen LogP contribution in [0.1, 0.15) is 11.3 Å². The van der Waals surface area contributed by atoms with E-state index in [9.17, 15) is 14.9 Å². The van der Waals surface area contributed by atoms with Crippen molar-refractivity contribution in [3.63, 3.8) is 0 Å². The minimum atomic E-state index is -1.49. The van der Waals surface area contributed by atoms with Crippen molar-refractivity contribution in [3.05, 3.63) is 51.9 Å². The lowest BCUT2D eigenvalue weighted by Gasteiger charge is -2.06. The molecule has 0 aliphatic rings. The van der Waals surface area contributed by atoms with Crippen molar-refractivity contribution in [2.45, 2.75) is 6.42 Å². The first-order valence-corrected chi connectivity index (χ1v) is 5.14. The molecule has 0 aliphatic carbocycles. The number of aromatic nitrogens is 1. The molecule has 98 valence electrons. The summed E-state index contributed by atoms with van der Waals surface area (Å²) in [5, 5.41) is 22.8. The quantitative estimate of drug-likeness (QED) is 0.389. The van der Waals surface area contributed by atoms with Gasteiger partial charge in [-0.15, -0.1) is 0 Å². The molecule has 0 atom stereocenters. The average molecular weight is 264 g/mol. The summed E-state index contributed by atoms with van der Waals surface area (Å²) >= 11 is 0. The fraction of sp³-hybridized carbons (Fsp3) is 0.0909. The predicted molar refractivity (Wildman–Crippen MR) is 61.1 cm³/mol. The summed E-state index contributed by atoms with van der Waals surface area (Å²) in [4.78, 5) is 20.7. The highest BCUT2D eigenvalue weighted by Gasteiger charge is 2.15. The third-order valence-electron chi connectivity index (χ3n) is 2.31. The fourth-order valence-corrected chi connectivity index (χ4v) is 1.53. The maximum atomic E-state index is 10.7. The van der Waals surface area contributed by atoms with Crippen LogP contribution in [0.4, 0.5) is 10.5 Å². The zero-order valence-electron chi connectivity index (χ0n) is 9.48. The summed E-state index contributed by atoms with van der Waals surface area (Å²) in [5.41, 5.74) is 0.167. The number of carboxylic acid groups (broad SMARTS) is 1. The second-order valence-corrected chi connectivity index (χ2v) is 3.57. The number of nitrogens with zero attached hydrogens (tertiary/aromatic N) is 2. The Hall–Kier alpha value is -2.90. The maximum absolute atomic E-state index is 10.7. The van der Waals surface area contributed by atoms with Crippen molar-refractivity contribution in [2.24, 2.45) is 0 Å². The van der Waals surface area contributed by atoms with Gasteiger partial charge in [0, 0.05) is 30.2 Å². The zero-order valence-corrected chi connectivity index (χ0v) is 9.48. The van der Waals surface area contributed by atoms with Gasteiger partial charge in [-0.25, -0.2) is 4.79 Å². The number of nitro groups is 1. The summed E-state index contributed by atoms with van der Waals surface area (Å²) in [5.74, 6) is 0.463. The zero-order chi connectivity index (χ0) is 13.8. The Balaban J connectivity index is 2.37. The van der Waals surface area contributed by atoms with E-state index in [2.05, 4.69) is 9.89 Å².